The van der Waals surface area contributed by atoms with Crippen molar-refractivity contribution in [3.05, 3.63) is 5.82 Å². The lowest BCUT2D eigenvalue weighted by atomic mass is 9.92. The van der Waals surface area contributed by atoms with Gasteiger partial charge in [-0.1, -0.05) is 26.2 Å². The van der Waals surface area contributed by atoms with Crippen LogP contribution in [0.1, 0.15) is 44.9 Å². The zero-order chi connectivity index (χ0) is 25.2. The van der Waals surface area contributed by atoms with E-state index in [1.807, 2.05) is 6.92 Å². The van der Waals surface area contributed by atoms with Gasteiger partial charge in [-0.25, -0.2) is 0 Å². The molecule has 1 heterocycles. The van der Waals surface area contributed by atoms with E-state index in [9.17, 15) is 57.1 Å². The third-order valence-electron chi connectivity index (χ3n) is 4.37. The number of hydrogen-bond donors (Lipinski definition) is 0. The van der Waals surface area contributed by atoms with Gasteiger partial charge in [-0.05, 0) is 11.6 Å². The predicted molar refractivity (Wildman–Crippen MR) is 81.1 cm³/mol. The Bertz CT molecular complexity index is 742. The zero-order valence-electron chi connectivity index (χ0n) is 16.2. The van der Waals surface area contributed by atoms with Crippen molar-refractivity contribution in [1.29, 1.82) is 0 Å². The Labute approximate surface area is 172 Å². The van der Waals surface area contributed by atoms with Crippen LogP contribution in [0.3, 0.4) is 0 Å². The van der Waals surface area contributed by atoms with E-state index in [2.05, 4.69) is 15.4 Å². The number of halogens is 13. The van der Waals surface area contributed by atoms with Crippen LogP contribution in [0.25, 0.3) is 0 Å². The zero-order valence-corrected chi connectivity index (χ0v) is 16.2. The maximum Gasteiger partial charge on any atom is 0.460 e. The second-order valence-corrected chi connectivity index (χ2v) is 6.86. The summed E-state index contributed by atoms with van der Waals surface area (Å²) in [7, 11) is 0. The van der Waals surface area contributed by atoms with E-state index in [-0.39, 0.29) is 17.0 Å². The Morgan fingerprint density at radius 1 is 0.688 bits per heavy atom. The number of hydrogen-bond acceptors (Lipinski definition) is 3. The minimum atomic E-state index is -7.90. The van der Waals surface area contributed by atoms with Gasteiger partial charge < -0.3 is 0 Å². The van der Waals surface area contributed by atoms with Crippen LogP contribution in [0, 0.1) is 0 Å². The fourth-order valence-electron chi connectivity index (χ4n) is 2.38. The highest BCUT2D eigenvalue weighted by Crippen LogP contribution is 2.60. The van der Waals surface area contributed by atoms with Crippen LogP contribution >= 0.6 is 0 Å². The lowest BCUT2D eigenvalue weighted by Crippen LogP contribution is -2.70. The van der Waals surface area contributed by atoms with Crippen LogP contribution in [-0.2, 0) is 13.0 Å². The Morgan fingerprint density at radius 3 is 1.72 bits per heavy atom. The van der Waals surface area contributed by atoms with Gasteiger partial charge in [0.2, 0.25) is 0 Å². The first-order chi connectivity index (χ1) is 14.3. The highest BCUT2D eigenvalue weighted by Gasteiger charge is 2.90. The van der Waals surface area contributed by atoms with Gasteiger partial charge in [0.25, 0.3) is 0 Å². The summed E-state index contributed by atoms with van der Waals surface area (Å²) >= 11 is 0. The van der Waals surface area contributed by atoms with Crippen LogP contribution in [0.2, 0.25) is 0 Å². The van der Waals surface area contributed by atoms with Gasteiger partial charge in [-0.3, -0.25) is 0 Å². The fraction of sp³-hybridized carbons (Fsp3) is 0.933. The number of unbranched alkanes of at least 4 members (excludes halogenated alkanes) is 3. The molecule has 188 valence electrons. The molecular formula is C15H17F13N4. The molecule has 0 radical (unpaired) electrons. The summed E-state index contributed by atoms with van der Waals surface area (Å²) in [6, 6.07) is 0. The minimum absolute atomic E-state index is 0.0298. The summed E-state index contributed by atoms with van der Waals surface area (Å²) in [6.07, 6.45) is -6.62. The average molecular weight is 500 g/mol. The van der Waals surface area contributed by atoms with Gasteiger partial charge in [0.1, 0.15) is 0 Å². The average Bonchev–Trinajstić information content (AvgIpc) is 3.10. The van der Waals surface area contributed by atoms with Crippen LogP contribution in [-0.4, -0.2) is 56.0 Å². The fourth-order valence-corrected chi connectivity index (χ4v) is 2.38. The molecule has 0 aliphatic heterocycles. The monoisotopic (exact) mass is 500 g/mol. The van der Waals surface area contributed by atoms with Crippen molar-refractivity contribution < 1.29 is 57.1 Å². The second kappa shape index (κ2) is 9.19. The topological polar surface area (TPSA) is 43.6 Å². The van der Waals surface area contributed by atoms with E-state index < -0.39 is 48.8 Å². The van der Waals surface area contributed by atoms with Crippen LogP contribution < -0.4 is 0 Å². The molecule has 4 nitrogen and oxygen atoms in total. The molecule has 0 saturated heterocycles. The van der Waals surface area contributed by atoms with Gasteiger partial charge in [0.05, 0.1) is 6.54 Å². The largest absolute Gasteiger partial charge is 0.460 e. The molecule has 0 spiro atoms. The summed E-state index contributed by atoms with van der Waals surface area (Å²) in [5.74, 6) is -36.9. The molecule has 1 aromatic heterocycles. The van der Waals surface area contributed by atoms with Crippen molar-refractivity contribution >= 4 is 0 Å². The first kappa shape index (κ1) is 28.2. The third-order valence-corrected chi connectivity index (χ3v) is 4.37. The molecule has 17 heteroatoms. The van der Waals surface area contributed by atoms with Crippen LogP contribution in [0.15, 0.2) is 0 Å². The Balaban J connectivity index is 3.01. The van der Waals surface area contributed by atoms with Crippen molar-refractivity contribution in [2.75, 3.05) is 0 Å². The van der Waals surface area contributed by atoms with E-state index in [1.54, 1.807) is 0 Å². The molecule has 0 aliphatic rings. The summed E-state index contributed by atoms with van der Waals surface area (Å²) in [5, 5.41) is 10.0. The van der Waals surface area contributed by atoms with Gasteiger partial charge in [0, 0.05) is 12.8 Å². The van der Waals surface area contributed by atoms with E-state index in [1.165, 1.54) is 0 Å². The lowest BCUT2D eigenvalue weighted by molar-refractivity contribution is -0.440. The minimum Gasteiger partial charge on any atom is -0.200 e. The Hall–Kier alpha value is -1.84. The molecule has 32 heavy (non-hydrogen) atoms. The van der Waals surface area contributed by atoms with E-state index in [0.29, 0.717) is 6.42 Å². The first-order valence-corrected chi connectivity index (χ1v) is 8.98. The molecular weight excluding hydrogens is 483 g/mol. The smallest absolute Gasteiger partial charge is 0.200 e. The highest BCUT2D eigenvalue weighted by atomic mass is 19.4. The maximum absolute atomic E-state index is 13.7. The van der Waals surface area contributed by atoms with Crippen molar-refractivity contribution in [1.82, 2.24) is 20.2 Å². The molecule has 0 unspecified atom stereocenters. The SMILES string of the molecule is CCCCCCc1nnn(CCC(F)(F)C(F)(F)C(F)(F)C(F)(F)C(F)(F)C(F)(F)F)n1. The van der Waals surface area contributed by atoms with Crippen molar-refractivity contribution in [3.63, 3.8) is 0 Å². The highest BCUT2D eigenvalue weighted by molar-refractivity contribution is 5.10. The quantitative estimate of drug-likeness (QED) is 0.264. The summed E-state index contributed by atoms with van der Waals surface area (Å²) in [4.78, 5) is 0.250. The Morgan fingerprint density at radius 2 is 1.22 bits per heavy atom. The van der Waals surface area contributed by atoms with E-state index in [0.717, 1.165) is 19.3 Å². The van der Waals surface area contributed by atoms with Crippen LogP contribution in [0.5, 0.6) is 0 Å². The van der Waals surface area contributed by atoms with Gasteiger partial charge >= 0.3 is 35.8 Å². The number of tetrazole rings is 1. The van der Waals surface area contributed by atoms with Crippen molar-refractivity contribution in [2.45, 2.75) is 87.8 Å². The normalized spacial score (nSPS) is 14.8. The first-order valence-electron chi connectivity index (χ1n) is 8.98. The standard InChI is InChI=1S/C15H17F13N4/c1-2-3-4-5-6-9-29-31-32(30-9)8-7-10(16,17)11(18,19)12(20,21)13(22,23)14(24,25)15(26,27)28/h2-8H2,1H3. The molecule has 0 N–H and O–H groups in total. The molecule has 1 rings (SSSR count). The molecule has 1 aromatic rings. The van der Waals surface area contributed by atoms with E-state index >= 15 is 0 Å². The molecule has 0 aromatic carbocycles. The number of alkyl halides is 13. The van der Waals surface area contributed by atoms with Crippen molar-refractivity contribution in [3.8, 4) is 0 Å². The number of nitrogens with zero attached hydrogens (tertiary/aromatic N) is 4. The number of rotatable bonds is 12. The summed E-state index contributed by atoms with van der Waals surface area (Å²) < 4.78 is 169. The molecule has 0 saturated carbocycles. The van der Waals surface area contributed by atoms with Gasteiger partial charge in [-0.15, -0.1) is 10.2 Å². The number of aromatic nitrogens is 4. The number of aryl methyl sites for hydroxylation is 2. The molecule has 0 fully saturated rings. The molecule has 0 aliphatic carbocycles. The molecule has 0 bridgehead atoms. The predicted octanol–water partition coefficient (Wildman–Crippen LogP) is 5.92. The molecule has 0 amide bonds. The third kappa shape index (κ3) is 5.05. The van der Waals surface area contributed by atoms with Crippen molar-refractivity contribution in [2.24, 2.45) is 0 Å². The Kier molecular flexibility index (Phi) is 8.10. The van der Waals surface area contributed by atoms with Gasteiger partial charge in [-0.2, -0.15) is 61.9 Å². The van der Waals surface area contributed by atoms with Gasteiger partial charge in [0.15, 0.2) is 5.82 Å². The van der Waals surface area contributed by atoms with E-state index in [4.69, 9.17) is 0 Å². The summed E-state index contributed by atoms with van der Waals surface area (Å²) in [5.41, 5.74) is 0. The molecule has 0 atom stereocenters. The summed E-state index contributed by atoms with van der Waals surface area (Å²) in [6.45, 7) is 0.510. The van der Waals surface area contributed by atoms with Crippen LogP contribution in [0.4, 0.5) is 57.1 Å². The maximum atomic E-state index is 13.7. The lowest BCUT2D eigenvalue weighted by Gasteiger charge is -2.39. The second-order valence-electron chi connectivity index (χ2n) is 6.86.